The Morgan fingerprint density at radius 2 is 1.90 bits per heavy atom. The zero-order valence-corrected chi connectivity index (χ0v) is 18.1. The van der Waals surface area contributed by atoms with Crippen molar-refractivity contribution in [2.45, 2.75) is 31.6 Å². The Morgan fingerprint density at radius 3 is 2.60 bits per heavy atom. The van der Waals surface area contributed by atoms with Crippen LogP contribution >= 0.6 is 22.9 Å². The van der Waals surface area contributed by atoms with Gasteiger partial charge in [0.2, 0.25) is 5.13 Å². The molecule has 4 rings (SSSR count). The lowest BCUT2D eigenvalue weighted by molar-refractivity contribution is 0.102. The normalized spacial score (nSPS) is 14.0. The van der Waals surface area contributed by atoms with Gasteiger partial charge < -0.3 is 9.47 Å². The molecule has 1 aliphatic carbocycles. The van der Waals surface area contributed by atoms with Crippen LogP contribution in [0.15, 0.2) is 24.5 Å². The molecule has 1 fully saturated rings. The fourth-order valence-corrected chi connectivity index (χ4v) is 4.33. The predicted molar refractivity (Wildman–Crippen MR) is 115 cm³/mol. The summed E-state index contributed by atoms with van der Waals surface area (Å²) in [6, 6.07) is 3.65. The van der Waals surface area contributed by atoms with Gasteiger partial charge in [0, 0.05) is 28.9 Å². The molecule has 3 aromatic rings. The second kappa shape index (κ2) is 8.93. The lowest BCUT2D eigenvalue weighted by Crippen LogP contribution is -2.14. The number of aromatic nitrogens is 4. The maximum Gasteiger partial charge on any atom is 0.295 e. The van der Waals surface area contributed by atoms with E-state index >= 15 is 0 Å². The second-order valence-electron chi connectivity index (χ2n) is 6.87. The number of methoxy groups -OCH3 is 2. The van der Waals surface area contributed by atoms with Crippen LogP contribution in [0, 0.1) is 0 Å². The summed E-state index contributed by atoms with van der Waals surface area (Å²) >= 11 is 7.30. The Kier molecular flexibility index (Phi) is 6.10. The maximum absolute atomic E-state index is 13.1. The molecular formula is C20H20ClN5O3S. The topological polar surface area (TPSA) is 99.1 Å². The van der Waals surface area contributed by atoms with Crippen molar-refractivity contribution in [1.29, 1.82) is 0 Å². The smallest absolute Gasteiger partial charge is 0.295 e. The number of rotatable bonds is 6. The zero-order valence-electron chi connectivity index (χ0n) is 16.5. The molecule has 0 atom stereocenters. The number of halogens is 1. The summed E-state index contributed by atoms with van der Waals surface area (Å²) in [5, 5.41) is 11.5. The van der Waals surface area contributed by atoms with E-state index in [1.807, 2.05) is 6.07 Å². The number of anilines is 1. The molecule has 0 saturated heterocycles. The van der Waals surface area contributed by atoms with E-state index in [0.717, 1.165) is 29.9 Å². The molecule has 0 aromatic carbocycles. The lowest BCUT2D eigenvalue weighted by Gasteiger charge is -2.16. The molecule has 10 heteroatoms. The van der Waals surface area contributed by atoms with Crippen LogP contribution in [0.4, 0.5) is 5.13 Å². The van der Waals surface area contributed by atoms with Crippen LogP contribution < -0.4 is 14.8 Å². The summed E-state index contributed by atoms with van der Waals surface area (Å²) in [6.45, 7) is 0. The van der Waals surface area contributed by atoms with E-state index in [0.29, 0.717) is 43.8 Å². The van der Waals surface area contributed by atoms with Gasteiger partial charge in [-0.05, 0) is 36.3 Å². The average Bonchev–Trinajstić information content (AvgIpc) is 3.45. The summed E-state index contributed by atoms with van der Waals surface area (Å²) in [6.07, 6.45) is 7.71. The quantitative estimate of drug-likeness (QED) is 0.554. The monoisotopic (exact) mass is 445 g/mol. The van der Waals surface area contributed by atoms with Crippen LogP contribution in [0.2, 0.25) is 5.15 Å². The van der Waals surface area contributed by atoms with Crippen LogP contribution in [0.5, 0.6) is 10.9 Å². The molecule has 1 N–H and O–H groups in total. The standard InChI is InChI=1S/C20H20ClN5O3S/c1-28-16-10-23-17(21)8-13(16)12-7-15(11-5-3-4-6-11)22-9-14(12)18(27)24-19-25-26-20(29-2)30-19/h7-11H,3-6H2,1-2H3,(H,24,25,27). The van der Waals surface area contributed by atoms with E-state index in [1.165, 1.54) is 20.0 Å². The molecule has 0 unspecified atom stereocenters. The van der Waals surface area contributed by atoms with Gasteiger partial charge in [0.05, 0.1) is 26.0 Å². The third-order valence-electron chi connectivity index (χ3n) is 5.09. The number of carbonyl (C=O) groups is 1. The van der Waals surface area contributed by atoms with Gasteiger partial charge in [-0.2, -0.15) is 0 Å². The number of nitrogens with zero attached hydrogens (tertiary/aromatic N) is 4. The highest BCUT2D eigenvalue weighted by atomic mass is 35.5. The Morgan fingerprint density at radius 1 is 1.10 bits per heavy atom. The van der Waals surface area contributed by atoms with E-state index < -0.39 is 0 Å². The Labute approximate surface area is 182 Å². The van der Waals surface area contributed by atoms with E-state index in [-0.39, 0.29) is 5.91 Å². The highest BCUT2D eigenvalue weighted by Crippen LogP contribution is 2.38. The highest BCUT2D eigenvalue weighted by Gasteiger charge is 2.24. The number of carbonyl (C=O) groups excluding carboxylic acids is 1. The Bertz CT molecular complexity index is 1070. The van der Waals surface area contributed by atoms with Crippen molar-refractivity contribution in [3.05, 3.63) is 40.9 Å². The highest BCUT2D eigenvalue weighted by molar-refractivity contribution is 7.17. The van der Waals surface area contributed by atoms with Crippen molar-refractivity contribution in [2.75, 3.05) is 19.5 Å². The Balaban J connectivity index is 1.77. The fourth-order valence-electron chi connectivity index (χ4n) is 3.62. The lowest BCUT2D eigenvalue weighted by atomic mass is 9.95. The van der Waals surface area contributed by atoms with Gasteiger partial charge in [-0.1, -0.05) is 29.5 Å². The minimum Gasteiger partial charge on any atom is -0.494 e. The van der Waals surface area contributed by atoms with E-state index in [9.17, 15) is 4.79 Å². The predicted octanol–water partition coefficient (Wildman–Crippen LogP) is 4.58. The van der Waals surface area contributed by atoms with Gasteiger partial charge >= 0.3 is 0 Å². The van der Waals surface area contributed by atoms with Gasteiger partial charge in [-0.3, -0.25) is 15.1 Å². The van der Waals surface area contributed by atoms with Gasteiger partial charge in [-0.25, -0.2) is 4.98 Å². The summed E-state index contributed by atoms with van der Waals surface area (Å²) in [5.74, 6) is 0.551. The summed E-state index contributed by atoms with van der Waals surface area (Å²) in [5.41, 5.74) is 2.71. The zero-order chi connectivity index (χ0) is 21.1. The van der Waals surface area contributed by atoms with Gasteiger partial charge in [0.25, 0.3) is 11.1 Å². The fraction of sp³-hybridized carbons (Fsp3) is 0.350. The van der Waals surface area contributed by atoms with E-state index in [4.69, 9.17) is 21.1 Å². The molecule has 8 nitrogen and oxygen atoms in total. The number of ether oxygens (including phenoxy) is 2. The first-order valence-corrected chi connectivity index (χ1v) is 10.7. The maximum atomic E-state index is 13.1. The molecule has 1 saturated carbocycles. The minimum absolute atomic E-state index is 0.310. The van der Waals surface area contributed by atoms with Gasteiger partial charge in [-0.15, -0.1) is 5.10 Å². The number of hydrogen-bond donors (Lipinski definition) is 1. The molecular weight excluding hydrogens is 426 g/mol. The molecule has 3 heterocycles. The van der Waals surface area contributed by atoms with Crippen molar-refractivity contribution < 1.29 is 14.3 Å². The van der Waals surface area contributed by atoms with Crippen LogP contribution in [-0.4, -0.2) is 40.3 Å². The largest absolute Gasteiger partial charge is 0.494 e. The molecule has 30 heavy (non-hydrogen) atoms. The van der Waals surface area contributed by atoms with Crippen LogP contribution in [-0.2, 0) is 0 Å². The summed E-state index contributed by atoms with van der Waals surface area (Å²) in [4.78, 5) is 21.8. The molecule has 0 bridgehead atoms. The second-order valence-corrected chi connectivity index (χ2v) is 8.20. The Hall–Kier alpha value is -2.78. The van der Waals surface area contributed by atoms with Crippen LogP contribution in [0.1, 0.15) is 47.7 Å². The molecule has 156 valence electrons. The first-order chi connectivity index (χ1) is 14.6. The number of amides is 1. The molecule has 1 amide bonds. The first-order valence-electron chi connectivity index (χ1n) is 9.47. The van der Waals surface area contributed by atoms with Gasteiger partial charge in [0.1, 0.15) is 10.9 Å². The average molecular weight is 446 g/mol. The van der Waals surface area contributed by atoms with Crippen molar-refractivity contribution in [1.82, 2.24) is 20.2 Å². The molecule has 0 radical (unpaired) electrons. The number of hydrogen-bond acceptors (Lipinski definition) is 8. The third-order valence-corrected chi connectivity index (χ3v) is 6.10. The summed E-state index contributed by atoms with van der Waals surface area (Å²) < 4.78 is 10.5. The van der Waals surface area contributed by atoms with Gasteiger partial charge in [0.15, 0.2) is 0 Å². The van der Waals surface area contributed by atoms with Crippen LogP contribution in [0.25, 0.3) is 11.1 Å². The molecule has 0 aliphatic heterocycles. The molecule has 0 spiro atoms. The van der Waals surface area contributed by atoms with Crippen molar-refractivity contribution in [3.63, 3.8) is 0 Å². The van der Waals surface area contributed by atoms with E-state index in [2.05, 4.69) is 25.5 Å². The number of nitrogens with one attached hydrogen (secondary N) is 1. The first kappa shape index (κ1) is 20.5. The third kappa shape index (κ3) is 4.22. The van der Waals surface area contributed by atoms with E-state index in [1.54, 1.807) is 25.6 Å². The summed E-state index contributed by atoms with van der Waals surface area (Å²) in [7, 11) is 3.05. The number of pyridine rings is 2. The van der Waals surface area contributed by atoms with Crippen LogP contribution in [0.3, 0.4) is 0 Å². The SMILES string of the molecule is COc1nnc(NC(=O)c2cnc(C3CCCC3)cc2-c2cc(Cl)ncc2OC)s1. The molecule has 3 aromatic heterocycles. The van der Waals surface area contributed by atoms with Crippen molar-refractivity contribution >= 4 is 34.0 Å². The molecule has 1 aliphatic rings. The van der Waals surface area contributed by atoms with Crippen molar-refractivity contribution in [2.24, 2.45) is 0 Å². The minimum atomic E-state index is -0.357. The van der Waals surface area contributed by atoms with Crippen molar-refractivity contribution in [3.8, 4) is 22.1 Å².